The molecular weight excluding hydrogens is 194 g/mol. The number of hydrogen-bond donors (Lipinski definition) is 1. The molecule has 1 aliphatic rings. The first kappa shape index (κ1) is 9.71. The fourth-order valence-corrected chi connectivity index (χ4v) is 2.94. The maximum Gasteiger partial charge on any atom is 0.0461 e. The minimum atomic E-state index is 0.253. The van der Waals surface area contributed by atoms with Crippen molar-refractivity contribution in [3.05, 3.63) is 41.5 Å². The Morgan fingerprint density at radius 1 is 1.19 bits per heavy atom. The van der Waals surface area contributed by atoms with Gasteiger partial charge >= 0.3 is 0 Å². The third-order valence-electron chi connectivity index (χ3n) is 3.63. The minimum Gasteiger partial charge on any atom is -0.383 e. The van der Waals surface area contributed by atoms with Gasteiger partial charge in [-0.25, -0.2) is 0 Å². The standard InChI is InChI=1S/C15H17N/c1-10-8-11-6-4-5-7-12(11)14-13(10)15(2,3)9-16-14/h4-8,16H,9H2,1-3H3. The largest absolute Gasteiger partial charge is 0.383 e. The molecule has 2 aromatic carbocycles. The van der Waals surface area contributed by atoms with E-state index in [1.807, 2.05) is 0 Å². The van der Waals surface area contributed by atoms with Crippen LogP contribution in [0.3, 0.4) is 0 Å². The number of rotatable bonds is 0. The van der Waals surface area contributed by atoms with E-state index in [-0.39, 0.29) is 5.41 Å². The smallest absolute Gasteiger partial charge is 0.0461 e. The molecule has 2 aromatic rings. The maximum absolute atomic E-state index is 3.57. The molecule has 0 aromatic heterocycles. The van der Waals surface area contributed by atoms with Crippen molar-refractivity contribution in [1.82, 2.24) is 0 Å². The van der Waals surface area contributed by atoms with Crippen LogP contribution in [0.15, 0.2) is 30.3 Å². The van der Waals surface area contributed by atoms with Crippen LogP contribution in [0.4, 0.5) is 5.69 Å². The van der Waals surface area contributed by atoms with Crippen LogP contribution in [0.25, 0.3) is 10.8 Å². The van der Waals surface area contributed by atoms with Gasteiger partial charge in [0.2, 0.25) is 0 Å². The Labute approximate surface area is 96.5 Å². The van der Waals surface area contributed by atoms with E-state index in [0.717, 1.165) is 6.54 Å². The van der Waals surface area contributed by atoms with E-state index < -0.39 is 0 Å². The van der Waals surface area contributed by atoms with E-state index >= 15 is 0 Å². The van der Waals surface area contributed by atoms with Gasteiger partial charge in [-0.2, -0.15) is 0 Å². The van der Waals surface area contributed by atoms with E-state index in [0.29, 0.717) is 0 Å². The number of benzene rings is 2. The van der Waals surface area contributed by atoms with Gasteiger partial charge in [-0.05, 0) is 23.4 Å². The summed E-state index contributed by atoms with van der Waals surface area (Å²) in [5.41, 5.74) is 4.50. The van der Waals surface area contributed by atoms with Crippen molar-refractivity contribution in [2.75, 3.05) is 11.9 Å². The van der Waals surface area contributed by atoms with Gasteiger partial charge in [-0.1, -0.05) is 44.2 Å². The molecule has 0 saturated heterocycles. The number of fused-ring (bicyclic) bond motifs is 3. The lowest BCUT2D eigenvalue weighted by Gasteiger charge is -2.20. The van der Waals surface area contributed by atoms with Gasteiger partial charge in [0.25, 0.3) is 0 Å². The fourth-order valence-electron chi connectivity index (χ4n) is 2.94. The number of aryl methyl sites for hydroxylation is 1. The molecule has 0 aliphatic carbocycles. The zero-order valence-electron chi connectivity index (χ0n) is 10.1. The van der Waals surface area contributed by atoms with Crippen molar-refractivity contribution in [2.24, 2.45) is 0 Å². The van der Waals surface area contributed by atoms with Gasteiger partial charge in [-0.15, -0.1) is 0 Å². The Hall–Kier alpha value is -1.50. The SMILES string of the molecule is Cc1cc2ccccc2c2c1C(C)(C)CN2. The molecule has 1 heterocycles. The molecule has 0 spiro atoms. The van der Waals surface area contributed by atoms with Gasteiger partial charge in [-0.3, -0.25) is 0 Å². The molecule has 1 nitrogen and oxygen atoms in total. The monoisotopic (exact) mass is 211 g/mol. The van der Waals surface area contributed by atoms with Crippen LogP contribution in [0.1, 0.15) is 25.0 Å². The van der Waals surface area contributed by atoms with Gasteiger partial charge in [0.05, 0.1) is 0 Å². The lowest BCUT2D eigenvalue weighted by molar-refractivity contribution is 0.583. The van der Waals surface area contributed by atoms with E-state index in [4.69, 9.17) is 0 Å². The summed E-state index contributed by atoms with van der Waals surface area (Å²) in [6.45, 7) is 7.89. The highest BCUT2D eigenvalue weighted by Gasteiger charge is 2.32. The molecule has 3 rings (SSSR count). The Balaban J connectivity index is 2.44. The average molecular weight is 211 g/mol. The van der Waals surface area contributed by atoms with Crippen molar-refractivity contribution in [2.45, 2.75) is 26.2 Å². The summed E-state index contributed by atoms with van der Waals surface area (Å²) in [4.78, 5) is 0. The van der Waals surface area contributed by atoms with E-state index in [2.05, 4.69) is 56.4 Å². The zero-order valence-corrected chi connectivity index (χ0v) is 10.1. The fraction of sp³-hybridized carbons (Fsp3) is 0.333. The van der Waals surface area contributed by atoms with Crippen molar-refractivity contribution in [1.29, 1.82) is 0 Å². The Kier molecular flexibility index (Phi) is 1.82. The second-order valence-corrected chi connectivity index (χ2v) is 5.40. The summed E-state index contributed by atoms with van der Waals surface area (Å²) in [6, 6.07) is 10.9. The van der Waals surface area contributed by atoms with Crippen LogP contribution < -0.4 is 5.32 Å². The molecule has 1 heteroatoms. The first-order chi connectivity index (χ1) is 7.59. The quantitative estimate of drug-likeness (QED) is 0.698. The van der Waals surface area contributed by atoms with E-state index in [1.165, 1.54) is 27.6 Å². The summed E-state index contributed by atoms with van der Waals surface area (Å²) in [7, 11) is 0. The number of anilines is 1. The molecule has 0 radical (unpaired) electrons. The Morgan fingerprint density at radius 3 is 2.75 bits per heavy atom. The van der Waals surface area contributed by atoms with Crippen LogP contribution in [0.2, 0.25) is 0 Å². The third kappa shape index (κ3) is 1.18. The summed E-state index contributed by atoms with van der Waals surface area (Å²) < 4.78 is 0. The van der Waals surface area contributed by atoms with Gasteiger partial charge in [0, 0.05) is 23.0 Å². The van der Waals surface area contributed by atoms with Crippen molar-refractivity contribution < 1.29 is 0 Å². The van der Waals surface area contributed by atoms with Gasteiger partial charge in [0.15, 0.2) is 0 Å². The Bertz CT molecular complexity index is 567. The molecular formula is C15H17N. The molecule has 0 bridgehead atoms. The highest BCUT2D eigenvalue weighted by molar-refractivity contribution is 5.98. The molecule has 1 aliphatic heterocycles. The predicted molar refractivity (Wildman–Crippen MR) is 70.2 cm³/mol. The summed E-state index contributed by atoms with van der Waals surface area (Å²) in [5.74, 6) is 0. The van der Waals surface area contributed by atoms with Crippen molar-refractivity contribution in [3.8, 4) is 0 Å². The summed E-state index contributed by atoms with van der Waals surface area (Å²) >= 11 is 0. The Morgan fingerprint density at radius 2 is 1.94 bits per heavy atom. The molecule has 0 saturated carbocycles. The molecule has 0 amide bonds. The highest BCUT2D eigenvalue weighted by atomic mass is 14.9. The summed E-state index contributed by atoms with van der Waals surface area (Å²) in [6.07, 6.45) is 0. The predicted octanol–water partition coefficient (Wildman–Crippen LogP) is 3.85. The van der Waals surface area contributed by atoms with Crippen LogP contribution in [0, 0.1) is 6.92 Å². The lowest BCUT2D eigenvalue weighted by atomic mass is 9.83. The zero-order chi connectivity index (χ0) is 11.3. The molecule has 16 heavy (non-hydrogen) atoms. The molecule has 0 atom stereocenters. The third-order valence-corrected chi connectivity index (χ3v) is 3.63. The van der Waals surface area contributed by atoms with Crippen LogP contribution in [0.5, 0.6) is 0 Å². The molecule has 0 unspecified atom stereocenters. The summed E-state index contributed by atoms with van der Waals surface area (Å²) in [5, 5.41) is 6.27. The molecule has 1 N–H and O–H groups in total. The van der Waals surface area contributed by atoms with Crippen molar-refractivity contribution in [3.63, 3.8) is 0 Å². The normalized spacial score (nSPS) is 17.2. The molecule has 0 fully saturated rings. The average Bonchev–Trinajstić information content (AvgIpc) is 2.56. The first-order valence-corrected chi connectivity index (χ1v) is 5.86. The maximum atomic E-state index is 3.57. The number of nitrogens with one attached hydrogen (secondary N) is 1. The van der Waals surface area contributed by atoms with E-state index in [9.17, 15) is 0 Å². The second kappa shape index (κ2) is 3.00. The lowest BCUT2D eigenvalue weighted by Crippen LogP contribution is -2.19. The van der Waals surface area contributed by atoms with Crippen LogP contribution in [-0.2, 0) is 5.41 Å². The minimum absolute atomic E-state index is 0.253. The second-order valence-electron chi connectivity index (χ2n) is 5.40. The van der Waals surface area contributed by atoms with E-state index in [1.54, 1.807) is 0 Å². The van der Waals surface area contributed by atoms with Crippen LogP contribution >= 0.6 is 0 Å². The van der Waals surface area contributed by atoms with Crippen molar-refractivity contribution >= 4 is 16.5 Å². The topological polar surface area (TPSA) is 12.0 Å². The molecule has 82 valence electrons. The van der Waals surface area contributed by atoms with Gasteiger partial charge in [0.1, 0.15) is 0 Å². The first-order valence-electron chi connectivity index (χ1n) is 5.86. The van der Waals surface area contributed by atoms with Gasteiger partial charge < -0.3 is 5.32 Å². The van der Waals surface area contributed by atoms with Crippen LogP contribution in [-0.4, -0.2) is 6.54 Å². The highest BCUT2D eigenvalue weighted by Crippen LogP contribution is 2.42. The number of hydrogen-bond acceptors (Lipinski definition) is 1.